The van der Waals surface area contributed by atoms with Gasteiger partial charge in [0.2, 0.25) is 0 Å². The van der Waals surface area contributed by atoms with Crippen LogP contribution in [0.2, 0.25) is 0 Å². The van der Waals surface area contributed by atoms with Crippen LogP contribution in [-0.2, 0) is 26.7 Å². The topological polar surface area (TPSA) is 111 Å². The minimum Gasteiger partial charge on any atom is -0.497 e. The fraction of sp³-hybridized carbons (Fsp3) is 0.167. The summed E-state index contributed by atoms with van der Waals surface area (Å²) >= 11 is 0. The van der Waals surface area contributed by atoms with Crippen LogP contribution in [0, 0.1) is 6.92 Å². The molecule has 0 aliphatic carbocycles. The molecule has 0 amide bonds. The molecule has 47 heavy (non-hydrogen) atoms. The second-order valence-electron chi connectivity index (χ2n) is 11.5. The van der Waals surface area contributed by atoms with E-state index in [9.17, 15) is 16.8 Å². The first-order valence-electron chi connectivity index (χ1n) is 15.0. The largest absolute Gasteiger partial charge is 0.497 e. The van der Waals surface area contributed by atoms with Gasteiger partial charge in [-0.2, -0.15) is 0 Å². The van der Waals surface area contributed by atoms with Gasteiger partial charge in [0, 0.05) is 35.7 Å². The quantitative estimate of drug-likeness (QED) is 0.184. The molecule has 0 saturated carbocycles. The Kier molecular flexibility index (Phi) is 7.81. The second kappa shape index (κ2) is 12.0. The van der Waals surface area contributed by atoms with Crippen molar-refractivity contribution in [2.45, 2.75) is 35.3 Å². The Labute approximate surface area is 274 Å². The highest BCUT2D eigenvalue weighted by atomic mass is 32.2. The number of sulfonamides is 2. The first kappa shape index (κ1) is 30.6. The van der Waals surface area contributed by atoms with Gasteiger partial charge in [0.1, 0.15) is 18.5 Å². The summed E-state index contributed by atoms with van der Waals surface area (Å²) in [5, 5.41) is 0. The molecule has 9 nitrogen and oxygen atoms in total. The van der Waals surface area contributed by atoms with Crippen molar-refractivity contribution in [2.24, 2.45) is 0 Å². The number of hydrogen-bond donors (Lipinski definition) is 1. The zero-order valence-electron chi connectivity index (χ0n) is 25.7. The average molecular weight is 669 g/mol. The van der Waals surface area contributed by atoms with E-state index in [-0.39, 0.29) is 28.6 Å². The van der Waals surface area contributed by atoms with E-state index in [1.807, 2.05) is 43.3 Å². The fourth-order valence-corrected chi connectivity index (χ4v) is 8.61. The molecule has 240 valence electrons. The van der Waals surface area contributed by atoms with Gasteiger partial charge >= 0.3 is 0 Å². The van der Waals surface area contributed by atoms with E-state index in [4.69, 9.17) is 14.2 Å². The van der Waals surface area contributed by atoms with Crippen LogP contribution in [0.5, 0.6) is 17.2 Å². The molecule has 1 N–H and O–H groups in total. The zero-order valence-corrected chi connectivity index (χ0v) is 27.3. The lowest BCUT2D eigenvalue weighted by Gasteiger charge is -2.36. The van der Waals surface area contributed by atoms with Gasteiger partial charge in [0.15, 0.2) is 11.5 Å². The Morgan fingerprint density at radius 3 is 2.21 bits per heavy atom. The molecule has 2 heterocycles. The maximum atomic E-state index is 14.2. The summed E-state index contributed by atoms with van der Waals surface area (Å²) in [5.41, 5.74) is 3.88. The number of nitrogens with one attached hydrogen (secondary N) is 1. The highest BCUT2D eigenvalue weighted by Gasteiger charge is 2.47. The lowest BCUT2D eigenvalue weighted by Crippen LogP contribution is -2.40. The van der Waals surface area contributed by atoms with E-state index >= 15 is 0 Å². The molecule has 0 bridgehead atoms. The molecular formula is C36H32N2O7S2. The van der Waals surface area contributed by atoms with Gasteiger partial charge in [-0.3, -0.25) is 9.03 Å². The van der Waals surface area contributed by atoms with Crippen molar-refractivity contribution in [1.82, 2.24) is 0 Å². The number of hydrogen-bond acceptors (Lipinski definition) is 7. The SMILES string of the molecule is COc1ccc2c(c1)N(S(=O)(=O)c1ccc(C)cc1)C[C@@H]1c3cc(NS(=O)(=O)c4ccccc4)cc(OCc4ccccc4)c3O[C@H]21. The van der Waals surface area contributed by atoms with E-state index in [1.54, 1.807) is 66.7 Å². The maximum Gasteiger partial charge on any atom is 0.264 e. The Hall–Kier alpha value is -5.00. The number of nitrogens with zero attached hydrogens (tertiary/aromatic N) is 1. The Morgan fingerprint density at radius 1 is 0.809 bits per heavy atom. The smallest absolute Gasteiger partial charge is 0.264 e. The molecule has 0 radical (unpaired) electrons. The third-order valence-corrected chi connectivity index (χ3v) is 11.6. The molecule has 5 aromatic rings. The standard InChI is InChI=1S/C36H32N2O7S2/c1-24-13-16-29(17-14-24)47(41,42)38-22-32-31-19-26(37-46(39,40)28-11-7-4-8-12-28)20-34(44-23-25-9-5-3-6-10-25)36(31)45-35(32)30-18-15-27(43-2)21-33(30)38/h3-21,32,35,37H,22-23H2,1-2H3/t32-,35-/m1/s1. The van der Waals surface area contributed by atoms with E-state index in [1.165, 1.54) is 23.5 Å². The molecule has 0 fully saturated rings. The summed E-state index contributed by atoms with van der Waals surface area (Å²) < 4.78 is 77.7. The highest BCUT2D eigenvalue weighted by Crippen LogP contribution is 2.56. The van der Waals surface area contributed by atoms with Crippen molar-refractivity contribution in [1.29, 1.82) is 0 Å². The Bertz CT molecular complexity index is 2160. The van der Waals surface area contributed by atoms with Crippen molar-refractivity contribution < 1.29 is 31.0 Å². The minimum absolute atomic E-state index is 0.0427. The summed E-state index contributed by atoms with van der Waals surface area (Å²) in [5.74, 6) is 0.808. The van der Waals surface area contributed by atoms with Crippen LogP contribution in [0.1, 0.15) is 34.3 Å². The molecular weight excluding hydrogens is 637 g/mol. The Morgan fingerprint density at radius 2 is 1.51 bits per heavy atom. The monoisotopic (exact) mass is 668 g/mol. The van der Waals surface area contributed by atoms with Gasteiger partial charge in [-0.15, -0.1) is 0 Å². The minimum atomic E-state index is -4.01. The lowest BCUT2D eigenvalue weighted by atomic mass is 9.87. The molecule has 0 aromatic heterocycles. The predicted octanol–water partition coefficient (Wildman–Crippen LogP) is 6.81. The third-order valence-electron chi connectivity index (χ3n) is 8.42. The van der Waals surface area contributed by atoms with Gasteiger partial charge in [0.05, 0.1) is 28.3 Å². The summed E-state index contributed by atoms with van der Waals surface area (Å²) in [6.45, 7) is 2.15. The number of aryl methyl sites for hydroxylation is 1. The fourth-order valence-electron chi connectivity index (χ4n) is 6.04. The van der Waals surface area contributed by atoms with Crippen molar-refractivity contribution >= 4 is 31.4 Å². The van der Waals surface area contributed by atoms with Crippen LogP contribution in [-0.4, -0.2) is 30.5 Å². The molecule has 2 aliphatic heterocycles. The number of benzene rings is 5. The molecule has 11 heteroatoms. The summed E-state index contributed by atoms with van der Waals surface area (Å²) in [6, 6.07) is 33.0. The van der Waals surface area contributed by atoms with Gasteiger partial charge in [-0.1, -0.05) is 66.2 Å². The van der Waals surface area contributed by atoms with Crippen LogP contribution >= 0.6 is 0 Å². The van der Waals surface area contributed by atoms with E-state index < -0.39 is 32.1 Å². The van der Waals surface area contributed by atoms with Crippen LogP contribution in [0.25, 0.3) is 0 Å². The predicted molar refractivity (Wildman–Crippen MR) is 179 cm³/mol. The summed E-state index contributed by atoms with van der Waals surface area (Å²) in [7, 11) is -6.42. The molecule has 2 atom stereocenters. The summed E-state index contributed by atoms with van der Waals surface area (Å²) in [4.78, 5) is 0.267. The van der Waals surface area contributed by atoms with Gasteiger partial charge in [0.25, 0.3) is 20.0 Å². The first-order valence-corrected chi connectivity index (χ1v) is 17.9. The molecule has 0 spiro atoms. The molecule has 0 saturated heterocycles. The van der Waals surface area contributed by atoms with Gasteiger partial charge < -0.3 is 14.2 Å². The van der Waals surface area contributed by atoms with Crippen molar-refractivity contribution in [2.75, 3.05) is 22.7 Å². The number of fused-ring (bicyclic) bond motifs is 5. The van der Waals surface area contributed by atoms with Crippen LogP contribution in [0.15, 0.2) is 125 Å². The lowest BCUT2D eigenvalue weighted by molar-refractivity contribution is 0.194. The molecule has 2 aliphatic rings. The number of rotatable bonds is 9. The first-order chi connectivity index (χ1) is 22.6. The highest BCUT2D eigenvalue weighted by molar-refractivity contribution is 7.93. The summed E-state index contributed by atoms with van der Waals surface area (Å²) in [6.07, 6.45) is -0.560. The van der Waals surface area contributed by atoms with Crippen molar-refractivity contribution in [3.8, 4) is 17.2 Å². The van der Waals surface area contributed by atoms with Crippen LogP contribution in [0.4, 0.5) is 11.4 Å². The average Bonchev–Trinajstić information content (AvgIpc) is 3.46. The van der Waals surface area contributed by atoms with E-state index in [2.05, 4.69) is 4.72 Å². The van der Waals surface area contributed by atoms with Crippen molar-refractivity contribution in [3.05, 3.63) is 138 Å². The Balaban J connectivity index is 1.34. The van der Waals surface area contributed by atoms with E-state index in [0.717, 1.165) is 11.1 Å². The number of anilines is 2. The third kappa shape index (κ3) is 5.77. The van der Waals surface area contributed by atoms with Gasteiger partial charge in [-0.05, 0) is 55.0 Å². The normalized spacial score (nSPS) is 16.8. The number of ether oxygens (including phenoxy) is 3. The van der Waals surface area contributed by atoms with Crippen LogP contribution in [0.3, 0.4) is 0 Å². The molecule has 5 aromatic carbocycles. The number of methoxy groups -OCH3 is 1. The van der Waals surface area contributed by atoms with Crippen molar-refractivity contribution in [3.63, 3.8) is 0 Å². The van der Waals surface area contributed by atoms with E-state index in [0.29, 0.717) is 34.1 Å². The molecule has 7 rings (SSSR count). The van der Waals surface area contributed by atoms with Crippen LogP contribution < -0.4 is 23.2 Å². The second-order valence-corrected chi connectivity index (χ2v) is 15.0. The van der Waals surface area contributed by atoms with Gasteiger partial charge in [-0.25, -0.2) is 16.8 Å². The molecule has 0 unspecified atom stereocenters. The zero-order chi connectivity index (χ0) is 32.8. The maximum absolute atomic E-state index is 14.2.